The van der Waals surface area contributed by atoms with Crippen LogP contribution in [0.15, 0.2) is 0 Å². The van der Waals surface area contributed by atoms with E-state index in [4.69, 9.17) is 5.21 Å². The van der Waals surface area contributed by atoms with E-state index in [1.165, 1.54) is 17.9 Å². The molecule has 0 amide bonds. The maximum Gasteiger partial charge on any atom is 0.0238 e. The summed E-state index contributed by atoms with van der Waals surface area (Å²) < 4.78 is 0. The number of nitrogens with zero attached hydrogens (tertiary/aromatic N) is 1. The van der Waals surface area contributed by atoms with E-state index in [2.05, 4.69) is 0 Å². The summed E-state index contributed by atoms with van der Waals surface area (Å²) in [6.45, 7) is 5.75. The smallest absolute Gasteiger partial charge is 0.0238 e. The SMILES string of the molecule is CC.ON1CCCCCC1. The molecule has 62 valence electrons. The van der Waals surface area contributed by atoms with Gasteiger partial charge < -0.3 is 5.21 Å². The maximum atomic E-state index is 8.92. The highest BCUT2D eigenvalue weighted by Crippen LogP contribution is 2.06. The van der Waals surface area contributed by atoms with Crippen LogP contribution in [0.25, 0.3) is 0 Å². The van der Waals surface area contributed by atoms with Crippen molar-refractivity contribution in [2.75, 3.05) is 13.1 Å². The molecule has 0 radical (unpaired) electrons. The van der Waals surface area contributed by atoms with E-state index in [1.807, 2.05) is 13.8 Å². The van der Waals surface area contributed by atoms with Crippen molar-refractivity contribution < 1.29 is 5.21 Å². The van der Waals surface area contributed by atoms with Crippen LogP contribution in [0.5, 0.6) is 0 Å². The minimum absolute atomic E-state index is 0.875. The van der Waals surface area contributed by atoms with Crippen LogP contribution in [-0.2, 0) is 0 Å². The van der Waals surface area contributed by atoms with Crippen molar-refractivity contribution in [3.8, 4) is 0 Å². The van der Waals surface area contributed by atoms with Gasteiger partial charge in [-0.1, -0.05) is 26.7 Å². The van der Waals surface area contributed by atoms with Gasteiger partial charge in [-0.25, -0.2) is 0 Å². The number of hydrogen-bond donors (Lipinski definition) is 1. The molecule has 1 rings (SSSR count). The largest absolute Gasteiger partial charge is 0.314 e. The summed E-state index contributed by atoms with van der Waals surface area (Å²) in [6.07, 6.45) is 4.90. The topological polar surface area (TPSA) is 23.5 Å². The zero-order valence-corrected chi connectivity index (χ0v) is 7.14. The lowest BCUT2D eigenvalue weighted by Crippen LogP contribution is -2.19. The van der Waals surface area contributed by atoms with Crippen molar-refractivity contribution in [2.45, 2.75) is 39.5 Å². The van der Waals surface area contributed by atoms with Crippen LogP contribution in [0.3, 0.4) is 0 Å². The molecule has 1 fully saturated rings. The lowest BCUT2D eigenvalue weighted by atomic mass is 10.2. The zero-order chi connectivity index (χ0) is 7.82. The van der Waals surface area contributed by atoms with Gasteiger partial charge in [-0.3, -0.25) is 0 Å². The molecule has 2 heteroatoms. The fraction of sp³-hybridized carbons (Fsp3) is 1.00. The third kappa shape index (κ3) is 4.77. The van der Waals surface area contributed by atoms with E-state index in [0.29, 0.717) is 0 Å². The van der Waals surface area contributed by atoms with Gasteiger partial charge in [0.25, 0.3) is 0 Å². The van der Waals surface area contributed by atoms with Crippen LogP contribution in [0.4, 0.5) is 0 Å². The predicted octanol–water partition coefficient (Wildman–Crippen LogP) is 2.28. The van der Waals surface area contributed by atoms with Gasteiger partial charge in [0.05, 0.1) is 0 Å². The average molecular weight is 145 g/mol. The molecule has 1 aliphatic rings. The first kappa shape index (κ1) is 9.92. The minimum Gasteiger partial charge on any atom is -0.314 e. The third-order valence-electron chi connectivity index (χ3n) is 1.58. The van der Waals surface area contributed by atoms with Crippen molar-refractivity contribution in [3.05, 3.63) is 0 Å². The van der Waals surface area contributed by atoms with Crippen molar-refractivity contribution >= 4 is 0 Å². The molecule has 0 aromatic rings. The van der Waals surface area contributed by atoms with Crippen LogP contribution in [0, 0.1) is 0 Å². The minimum atomic E-state index is 0.875. The molecule has 1 aliphatic heterocycles. The standard InChI is InChI=1S/C6H13NO.C2H6/c8-7-5-3-1-2-4-6-7;1-2/h8H,1-6H2;1-2H3. The van der Waals surface area contributed by atoms with Gasteiger partial charge in [0.2, 0.25) is 0 Å². The summed E-state index contributed by atoms with van der Waals surface area (Å²) in [7, 11) is 0. The Hall–Kier alpha value is -0.0800. The molecule has 0 spiro atoms. The Kier molecular flexibility index (Phi) is 6.98. The normalized spacial score (nSPS) is 20.7. The van der Waals surface area contributed by atoms with Crippen molar-refractivity contribution in [1.29, 1.82) is 0 Å². The van der Waals surface area contributed by atoms with E-state index in [-0.39, 0.29) is 0 Å². The van der Waals surface area contributed by atoms with Crippen molar-refractivity contribution in [3.63, 3.8) is 0 Å². The lowest BCUT2D eigenvalue weighted by Gasteiger charge is -2.08. The summed E-state index contributed by atoms with van der Waals surface area (Å²) in [5.74, 6) is 0. The molecule has 0 saturated carbocycles. The van der Waals surface area contributed by atoms with Gasteiger partial charge in [-0.05, 0) is 12.8 Å². The molecule has 2 nitrogen and oxygen atoms in total. The maximum absolute atomic E-state index is 8.92. The van der Waals surface area contributed by atoms with E-state index in [1.54, 1.807) is 0 Å². The van der Waals surface area contributed by atoms with Crippen LogP contribution in [-0.4, -0.2) is 23.4 Å². The lowest BCUT2D eigenvalue weighted by molar-refractivity contribution is -0.0873. The first-order valence-electron chi connectivity index (χ1n) is 4.33. The second-order valence-corrected chi connectivity index (χ2v) is 2.37. The molecule has 1 saturated heterocycles. The summed E-state index contributed by atoms with van der Waals surface area (Å²) in [5, 5.41) is 10.3. The quantitative estimate of drug-likeness (QED) is 0.565. The summed E-state index contributed by atoms with van der Waals surface area (Å²) in [4.78, 5) is 0. The highest BCUT2D eigenvalue weighted by Gasteiger charge is 2.03. The molecule has 0 aromatic heterocycles. The molecule has 0 aliphatic carbocycles. The number of rotatable bonds is 0. The van der Waals surface area contributed by atoms with Crippen molar-refractivity contribution in [2.24, 2.45) is 0 Å². The summed E-state index contributed by atoms with van der Waals surface area (Å²) in [5.41, 5.74) is 0. The first-order valence-corrected chi connectivity index (χ1v) is 4.33. The van der Waals surface area contributed by atoms with Gasteiger partial charge in [0, 0.05) is 13.1 Å². The van der Waals surface area contributed by atoms with Crippen LogP contribution in [0.1, 0.15) is 39.5 Å². The molecular weight excluding hydrogens is 126 g/mol. The molecule has 0 aromatic carbocycles. The summed E-state index contributed by atoms with van der Waals surface area (Å²) >= 11 is 0. The fourth-order valence-corrected chi connectivity index (χ4v) is 1.05. The molecule has 0 bridgehead atoms. The Bertz CT molecular complexity index is 58.3. The second-order valence-electron chi connectivity index (χ2n) is 2.37. The summed E-state index contributed by atoms with van der Waals surface area (Å²) in [6, 6.07) is 0. The highest BCUT2D eigenvalue weighted by molar-refractivity contribution is 4.53. The fourth-order valence-electron chi connectivity index (χ4n) is 1.05. The van der Waals surface area contributed by atoms with Gasteiger partial charge in [-0.15, -0.1) is 0 Å². The van der Waals surface area contributed by atoms with Gasteiger partial charge in [0.1, 0.15) is 0 Å². The predicted molar refractivity (Wildman–Crippen MR) is 43.2 cm³/mol. The van der Waals surface area contributed by atoms with Gasteiger partial charge in [-0.2, -0.15) is 5.06 Å². The van der Waals surface area contributed by atoms with Gasteiger partial charge in [0.15, 0.2) is 0 Å². The molecular formula is C8H19NO. The van der Waals surface area contributed by atoms with E-state index in [9.17, 15) is 0 Å². The highest BCUT2D eigenvalue weighted by atomic mass is 16.5. The molecule has 1 N–H and O–H groups in total. The van der Waals surface area contributed by atoms with Crippen LogP contribution in [0.2, 0.25) is 0 Å². The van der Waals surface area contributed by atoms with Crippen LogP contribution < -0.4 is 0 Å². The number of hydroxylamine groups is 2. The first-order chi connectivity index (χ1) is 4.89. The Morgan fingerprint density at radius 3 is 1.70 bits per heavy atom. The Balaban J connectivity index is 0.000000371. The van der Waals surface area contributed by atoms with Gasteiger partial charge >= 0.3 is 0 Å². The van der Waals surface area contributed by atoms with E-state index >= 15 is 0 Å². The Morgan fingerprint density at radius 2 is 1.30 bits per heavy atom. The van der Waals surface area contributed by atoms with E-state index in [0.717, 1.165) is 25.9 Å². The average Bonchev–Trinajstić information content (AvgIpc) is 2.21. The molecule has 10 heavy (non-hydrogen) atoms. The van der Waals surface area contributed by atoms with Crippen LogP contribution >= 0.6 is 0 Å². The Morgan fingerprint density at radius 1 is 0.900 bits per heavy atom. The third-order valence-corrected chi connectivity index (χ3v) is 1.58. The Labute approximate surface area is 63.8 Å². The second kappa shape index (κ2) is 7.03. The monoisotopic (exact) mass is 145 g/mol. The zero-order valence-electron chi connectivity index (χ0n) is 7.14. The number of hydrogen-bond acceptors (Lipinski definition) is 2. The molecule has 1 heterocycles. The molecule has 0 unspecified atom stereocenters. The molecule has 0 atom stereocenters. The van der Waals surface area contributed by atoms with E-state index < -0.39 is 0 Å². The van der Waals surface area contributed by atoms with Crippen molar-refractivity contribution in [1.82, 2.24) is 5.06 Å².